The van der Waals surface area contributed by atoms with E-state index in [-0.39, 0.29) is 37.9 Å². The lowest BCUT2D eigenvalue weighted by Gasteiger charge is -2.24. The van der Waals surface area contributed by atoms with Crippen LogP contribution in [0.1, 0.15) is 58.9 Å². The van der Waals surface area contributed by atoms with Crippen molar-refractivity contribution in [1.82, 2.24) is 10.9 Å². The molecular weight excluding hydrogens is 414 g/mol. The van der Waals surface area contributed by atoms with Crippen LogP contribution in [0.5, 0.6) is 5.75 Å². The lowest BCUT2D eigenvalue weighted by atomic mass is 9.94. The van der Waals surface area contributed by atoms with Crippen molar-refractivity contribution in [2.75, 3.05) is 26.4 Å². The van der Waals surface area contributed by atoms with Crippen molar-refractivity contribution < 1.29 is 28.9 Å². The van der Waals surface area contributed by atoms with E-state index in [9.17, 15) is 9.59 Å². The lowest BCUT2D eigenvalue weighted by Crippen LogP contribution is -2.52. The smallest absolute Gasteiger partial charge is 0.306 e. The second-order valence-electron chi connectivity index (χ2n) is 8.65. The van der Waals surface area contributed by atoms with Crippen LogP contribution >= 0.6 is 0 Å². The van der Waals surface area contributed by atoms with E-state index in [0.29, 0.717) is 36.8 Å². The molecule has 0 fully saturated rings. The third-order valence-electron chi connectivity index (χ3n) is 4.60. The summed E-state index contributed by atoms with van der Waals surface area (Å²) in [6, 6.07) is 7.15. The predicted molar refractivity (Wildman–Crippen MR) is 120 cm³/mol. The minimum Gasteiger partial charge on any atom is -0.494 e. The van der Waals surface area contributed by atoms with Crippen molar-refractivity contribution in [1.29, 1.82) is 0 Å². The Bertz CT molecular complexity index is 788. The molecule has 0 unspecified atom stereocenters. The van der Waals surface area contributed by atoms with E-state index >= 15 is 0 Å². The second-order valence-corrected chi connectivity index (χ2v) is 8.65. The molecule has 1 aliphatic heterocycles. The fourth-order valence-electron chi connectivity index (χ4n) is 2.99. The van der Waals surface area contributed by atoms with Crippen LogP contribution in [0, 0.1) is 0 Å². The number of aliphatic imine (C=N–C) groups is 1. The standard InChI is InChI=1S/C23H35N3O6/c1-5-13-24-26-21(29)23(12-11-19(28)32-22(2,3)4)16-31-20(25-23)17-7-9-18(10-8-17)30-15-6-14-27/h7-10,24,27H,5-6,11-16H2,1-4H3,(H,26,29)/t23-/m0/s1. The quantitative estimate of drug-likeness (QED) is 0.254. The highest BCUT2D eigenvalue weighted by Crippen LogP contribution is 2.28. The Morgan fingerprint density at radius 1 is 1.25 bits per heavy atom. The maximum absolute atomic E-state index is 13.0. The number of nitrogens with one attached hydrogen (secondary N) is 2. The molecule has 1 amide bonds. The molecule has 1 aromatic carbocycles. The zero-order valence-electron chi connectivity index (χ0n) is 19.4. The molecule has 32 heavy (non-hydrogen) atoms. The Labute approximate surface area is 189 Å². The van der Waals surface area contributed by atoms with Crippen LogP contribution in [0.2, 0.25) is 0 Å². The van der Waals surface area contributed by atoms with Gasteiger partial charge < -0.3 is 19.3 Å². The number of carbonyl (C=O) groups is 2. The first kappa shape index (κ1) is 25.6. The number of hydrogen-bond donors (Lipinski definition) is 3. The fraction of sp³-hybridized carbons (Fsp3) is 0.609. The minimum absolute atomic E-state index is 0.0273. The molecule has 9 heteroatoms. The Morgan fingerprint density at radius 2 is 1.97 bits per heavy atom. The summed E-state index contributed by atoms with van der Waals surface area (Å²) < 4.78 is 16.7. The van der Waals surface area contributed by atoms with Gasteiger partial charge in [0.2, 0.25) is 5.90 Å². The average Bonchev–Trinajstić information content (AvgIpc) is 3.18. The van der Waals surface area contributed by atoms with Crippen LogP contribution in [0.3, 0.4) is 0 Å². The molecule has 1 atom stereocenters. The molecule has 2 rings (SSSR count). The van der Waals surface area contributed by atoms with Gasteiger partial charge in [0.05, 0.1) is 6.61 Å². The molecule has 178 valence electrons. The van der Waals surface area contributed by atoms with Gasteiger partial charge in [-0.05, 0) is 57.9 Å². The molecule has 0 radical (unpaired) electrons. The van der Waals surface area contributed by atoms with Gasteiger partial charge in [-0.15, -0.1) is 0 Å². The molecule has 9 nitrogen and oxygen atoms in total. The first-order valence-electron chi connectivity index (χ1n) is 11.0. The van der Waals surface area contributed by atoms with Crippen LogP contribution in [-0.2, 0) is 19.1 Å². The SMILES string of the molecule is CCCNNC(=O)[C@]1(CCC(=O)OC(C)(C)C)COC(c2ccc(OCCCO)cc2)=N1. The molecular formula is C23H35N3O6. The summed E-state index contributed by atoms with van der Waals surface area (Å²) in [6.45, 7) is 8.53. The van der Waals surface area contributed by atoms with E-state index in [0.717, 1.165) is 6.42 Å². The van der Waals surface area contributed by atoms with E-state index in [2.05, 4.69) is 15.8 Å². The van der Waals surface area contributed by atoms with Crippen LogP contribution in [0.25, 0.3) is 0 Å². The third kappa shape index (κ3) is 7.80. The number of rotatable bonds is 12. The Kier molecular flexibility index (Phi) is 9.46. The van der Waals surface area contributed by atoms with Gasteiger partial charge in [-0.2, -0.15) is 0 Å². The number of aliphatic hydroxyl groups excluding tert-OH is 1. The number of aliphatic hydroxyl groups is 1. The number of ether oxygens (including phenoxy) is 3. The molecule has 0 bridgehead atoms. The van der Waals surface area contributed by atoms with Gasteiger partial charge in [-0.3, -0.25) is 15.0 Å². The molecule has 0 saturated carbocycles. The summed E-state index contributed by atoms with van der Waals surface area (Å²) in [4.78, 5) is 29.8. The van der Waals surface area contributed by atoms with Gasteiger partial charge in [-0.1, -0.05) is 6.92 Å². The van der Waals surface area contributed by atoms with E-state index in [4.69, 9.17) is 19.3 Å². The third-order valence-corrected chi connectivity index (χ3v) is 4.60. The Hall–Kier alpha value is -2.65. The zero-order chi connectivity index (χ0) is 23.6. The highest BCUT2D eigenvalue weighted by atomic mass is 16.6. The van der Waals surface area contributed by atoms with Crippen LogP contribution < -0.4 is 15.6 Å². The molecule has 1 aromatic rings. The van der Waals surface area contributed by atoms with E-state index < -0.39 is 11.1 Å². The second kappa shape index (κ2) is 11.8. The number of amides is 1. The Morgan fingerprint density at radius 3 is 2.59 bits per heavy atom. The maximum Gasteiger partial charge on any atom is 0.306 e. The summed E-state index contributed by atoms with van der Waals surface area (Å²) in [5, 5.41) is 8.85. The molecule has 0 spiro atoms. The number of carbonyl (C=O) groups excluding carboxylic acids is 2. The highest BCUT2D eigenvalue weighted by molar-refractivity contribution is 6.00. The molecule has 1 aliphatic rings. The van der Waals surface area contributed by atoms with Gasteiger partial charge in [-0.25, -0.2) is 10.4 Å². The van der Waals surface area contributed by atoms with Gasteiger partial charge in [0.15, 0.2) is 5.54 Å². The summed E-state index contributed by atoms with van der Waals surface area (Å²) in [5.41, 5.74) is 4.42. The molecule has 1 heterocycles. The van der Waals surface area contributed by atoms with Gasteiger partial charge in [0.25, 0.3) is 5.91 Å². The highest BCUT2D eigenvalue weighted by Gasteiger charge is 2.44. The number of esters is 1. The number of hydrazine groups is 1. The van der Waals surface area contributed by atoms with Crippen molar-refractivity contribution in [3.63, 3.8) is 0 Å². The molecule has 0 saturated heterocycles. The lowest BCUT2D eigenvalue weighted by molar-refractivity contribution is -0.155. The normalized spacial score (nSPS) is 18.0. The number of benzene rings is 1. The topological polar surface area (TPSA) is 118 Å². The largest absolute Gasteiger partial charge is 0.494 e. The molecule has 0 aliphatic carbocycles. The van der Waals surface area contributed by atoms with Crippen molar-refractivity contribution in [2.24, 2.45) is 4.99 Å². The zero-order valence-corrected chi connectivity index (χ0v) is 19.4. The van der Waals surface area contributed by atoms with E-state index in [1.807, 2.05) is 6.92 Å². The van der Waals surface area contributed by atoms with Crippen molar-refractivity contribution >= 4 is 17.8 Å². The van der Waals surface area contributed by atoms with E-state index in [1.165, 1.54) is 0 Å². The Balaban J connectivity index is 2.15. The molecule has 0 aromatic heterocycles. The van der Waals surface area contributed by atoms with Crippen LogP contribution in [-0.4, -0.2) is 60.4 Å². The van der Waals surface area contributed by atoms with Gasteiger partial charge in [0.1, 0.15) is 18.0 Å². The summed E-state index contributed by atoms with van der Waals surface area (Å²) in [7, 11) is 0. The summed E-state index contributed by atoms with van der Waals surface area (Å²) >= 11 is 0. The van der Waals surface area contributed by atoms with Crippen molar-refractivity contribution in [3.05, 3.63) is 29.8 Å². The maximum atomic E-state index is 13.0. The summed E-state index contributed by atoms with van der Waals surface area (Å²) in [6.07, 6.45) is 1.60. The van der Waals surface area contributed by atoms with Crippen LogP contribution in [0.4, 0.5) is 0 Å². The van der Waals surface area contributed by atoms with Gasteiger partial charge >= 0.3 is 5.97 Å². The first-order valence-corrected chi connectivity index (χ1v) is 11.0. The van der Waals surface area contributed by atoms with Crippen molar-refractivity contribution in [2.45, 2.75) is 64.5 Å². The number of hydrogen-bond acceptors (Lipinski definition) is 8. The number of nitrogens with zero attached hydrogens (tertiary/aromatic N) is 1. The summed E-state index contributed by atoms with van der Waals surface area (Å²) in [5.74, 6) is 0.257. The predicted octanol–water partition coefficient (Wildman–Crippen LogP) is 2.12. The average molecular weight is 450 g/mol. The first-order chi connectivity index (χ1) is 15.2. The monoisotopic (exact) mass is 449 g/mol. The van der Waals surface area contributed by atoms with Crippen molar-refractivity contribution in [3.8, 4) is 5.75 Å². The fourth-order valence-corrected chi connectivity index (χ4v) is 2.99. The van der Waals surface area contributed by atoms with Crippen LogP contribution in [0.15, 0.2) is 29.3 Å². The van der Waals surface area contributed by atoms with Gasteiger partial charge in [0, 0.05) is 31.6 Å². The minimum atomic E-state index is -1.23. The molecule has 3 N–H and O–H groups in total. The van der Waals surface area contributed by atoms with E-state index in [1.54, 1.807) is 45.0 Å².